The Hall–Kier alpha value is -2.89. The highest BCUT2D eigenvalue weighted by Crippen LogP contribution is 2.23. The molecule has 2 heterocycles. The van der Waals surface area contributed by atoms with Crippen molar-refractivity contribution in [2.24, 2.45) is 0 Å². The minimum Gasteiger partial charge on any atom is -0.424 e. The summed E-state index contributed by atoms with van der Waals surface area (Å²) >= 11 is 0. The van der Waals surface area contributed by atoms with Crippen LogP contribution in [0, 0.1) is 0 Å². The molecule has 0 amide bonds. The zero-order chi connectivity index (χ0) is 13.1. The molecule has 0 radical (unpaired) electrons. The Bertz CT molecular complexity index is 663. The van der Waals surface area contributed by atoms with Crippen LogP contribution < -0.4 is 10.5 Å². The van der Waals surface area contributed by atoms with Crippen molar-refractivity contribution in [3.8, 4) is 23.0 Å². The molecular formula is C13H11N5O. The van der Waals surface area contributed by atoms with Crippen molar-refractivity contribution in [3.05, 3.63) is 48.9 Å². The number of hydrogen-bond acceptors (Lipinski definition) is 5. The summed E-state index contributed by atoms with van der Waals surface area (Å²) in [4.78, 5) is 8.27. The van der Waals surface area contributed by atoms with Gasteiger partial charge in [0.25, 0.3) is 0 Å². The van der Waals surface area contributed by atoms with E-state index in [1.165, 1.54) is 0 Å². The van der Waals surface area contributed by atoms with Crippen molar-refractivity contribution < 1.29 is 4.74 Å². The van der Waals surface area contributed by atoms with Crippen LogP contribution in [0.15, 0.2) is 48.9 Å². The fourth-order valence-corrected chi connectivity index (χ4v) is 1.62. The van der Waals surface area contributed by atoms with E-state index in [0.29, 0.717) is 17.1 Å². The van der Waals surface area contributed by atoms with Crippen LogP contribution in [0.25, 0.3) is 11.3 Å². The summed E-state index contributed by atoms with van der Waals surface area (Å²) in [7, 11) is 0. The predicted molar refractivity (Wildman–Crippen MR) is 70.5 cm³/mol. The highest BCUT2D eigenvalue weighted by atomic mass is 16.5. The van der Waals surface area contributed by atoms with Gasteiger partial charge in [0.15, 0.2) is 0 Å². The third-order valence-electron chi connectivity index (χ3n) is 2.54. The van der Waals surface area contributed by atoms with Crippen LogP contribution in [-0.2, 0) is 0 Å². The van der Waals surface area contributed by atoms with E-state index in [0.717, 1.165) is 5.56 Å². The molecule has 3 N–H and O–H groups in total. The summed E-state index contributed by atoms with van der Waals surface area (Å²) in [6.07, 6.45) is 4.81. The minimum atomic E-state index is 0.285. The molecule has 3 aromatic rings. The number of hydrogen-bond donors (Lipinski definition) is 2. The first-order valence-corrected chi connectivity index (χ1v) is 5.67. The topological polar surface area (TPSA) is 89.7 Å². The fraction of sp³-hybridized carbons (Fsp3) is 0. The van der Waals surface area contributed by atoms with Crippen LogP contribution in [-0.4, -0.2) is 20.2 Å². The van der Waals surface area contributed by atoms with Crippen LogP contribution in [0.2, 0.25) is 0 Å². The number of para-hydroxylation sites is 1. The van der Waals surface area contributed by atoms with Gasteiger partial charge in [-0.3, -0.25) is 5.10 Å². The summed E-state index contributed by atoms with van der Waals surface area (Å²) < 4.78 is 5.50. The quantitative estimate of drug-likeness (QED) is 0.747. The Balaban J connectivity index is 1.82. The van der Waals surface area contributed by atoms with Gasteiger partial charge in [-0.1, -0.05) is 18.2 Å². The molecule has 0 atom stereocenters. The van der Waals surface area contributed by atoms with Gasteiger partial charge >= 0.3 is 6.01 Å². The lowest BCUT2D eigenvalue weighted by molar-refractivity contribution is 0.442. The van der Waals surface area contributed by atoms with E-state index in [-0.39, 0.29) is 6.01 Å². The number of nitrogens with two attached hydrogens (primary N) is 1. The molecule has 2 aromatic heterocycles. The number of nitrogen functional groups attached to an aromatic ring is 1. The molecule has 0 fully saturated rings. The van der Waals surface area contributed by atoms with E-state index in [1.807, 2.05) is 30.3 Å². The first-order chi connectivity index (χ1) is 9.33. The number of H-pyrrole nitrogens is 1. The number of ether oxygens (including phenoxy) is 1. The van der Waals surface area contributed by atoms with Crippen LogP contribution in [0.5, 0.6) is 11.8 Å². The van der Waals surface area contributed by atoms with Crippen LogP contribution in [0.3, 0.4) is 0 Å². The monoisotopic (exact) mass is 253 g/mol. The Labute approximate surface area is 109 Å². The Morgan fingerprint density at radius 3 is 2.37 bits per heavy atom. The molecule has 6 nitrogen and oxygen atoms in total. The SMILES string of the molecule is Nc1cn[nH]c1-c1cnc(Oc2ccccc2)nc1. The van der Waals surface area contributed by atoms with Gasteiger partial charge in [0.05, 0.1) is 17.6 Å². The van der Waals surface area contributed by atoms with Gasteiger partial charge in [-0.2, -0.15) is 5.10 Å². The van der Waals surface area contributed by atoms with E-state index in [2.05, 4.69) is 20.2 Å². The standard InChI is InChI=1S/C13H11N5O/c14-11-8-17-18-12(11)9-6-15-13(16-7-9)19-10-4-2-1-3-5-10/h1-8H,14H2,(H,17,18). The van der Waals surface area contributed by atoms with Crippen molar-refractivity contribution in [1.82, 2.24) is 20.2 Å². The normalized spacial score (nSPS) is 10.3. The molecule has 0 saturated heterocycles. The first-order valence-electron chi connectivity index (χ1n) is 5.67. The van der Waals surface area contributed by atoms with Crippen molar-refractivity contribution in [1.29, 1.82) is 0 Å². The second kappa shape index (κ2) is 4.77. The van der Waals surface area contributed by atoms with Crippen LogP contribution in [0.1, 0.15) is 0 Å². The van der Waals surface area contributed by atoms with Gasteiger partial charge in [-0.05, 0) is 12.1 Å². The van der Waals surface area contributed by atoms with Gasteiger partial charge < -0.3 is 10.5 Å². The summed E-state index contributed by atoms with van der Waals surface area (Å²) in [6.45, 7) is 0. The van der Waals surface area contributed by atoms with E-state index in [9.17, 15) is 0 Å². The molecule has 0 spiro atoms. The molecule has 94 valence electrons. The number of nitrogens with zero attached hydrogens (tertiary/aromatic N) is 3. The number of aromatic nitrogens is 4. The lowest BCUT2D eigenvalue weighted by Crippen LogP contribution is -1.93. The number of benzene rings is 1. The zero-order valence-electron chi connectivity index (χ0n) is 9.95. The third kappa shape index (κ3) is 2.37. The number of nitrogens with one attached hydrogen (secondary N) is 1. The van der Waals surface area contributed by atoms with Gasteiger partial charge in [-0.25, -0.2) is 9.97 Å². The average molecular weight is 253 g/mol. The molecular weight excluding hydrogens is 242 g/mol. The van der Waals surface area contributed by atoms with Gasteiger partial charge in [0.2, 0.25) is 0 Å². The molecule has 0 saturated carbocycles. The average Bonchev–Trinajstić information content (AvgIpc) is 2.87. The Kier molecular flexibility index (Phi) is 2.82. The van der Waals surface area contributed by atoms with Gasteiger partial charge in [0.1, 0.15) is 5.75 Å². The summed E-state index contributed by atoms with van der Waals surface area (Å²) in [5.74, 6) is 0.691. The van der Waals surface area contributed by atoms with E-state index < -0.39 is 0 Å². The maximum atomic E-state index is 5.75. The van der Waals surface area contributed by atoms with Crippen LogP contribution in [0.4, 0.5) is 5.69 Å². The molecule has 6 heteroatoms. The van der Waals surface area contributed by atoms with E-state index >= 15 is 0 Å². The second-order valence-electron chi connectivity index (χ2n) is 3.87. The lowest BCUT2D eigenvalue weighted by Gasteiger charge is -2.03. The molecule has 3 rings (SSSR count). The molecule has 1 aromatic carbocycles. The van der Waals surface area contributed by atoms with Gasteiger partial charge in [0, 0.05) is 18.0 Å². The van der Waals surface area contributed by atoms with Crippen molar-refractivity contribution in [2.75, 3.05) is 5.73 Å². The zero-order valence-corrected chi connectivity index (χ0v) is 9.95. The third-order valence-corrected chi connectivity index (χ3v) is 2.54. The highest BCUT2D eigenvalue weighted by molar-refractivity contribution is 5.70. The molecule has 0 aliphatic heterocycles. The first kappa shape index (κ1) is 11.2. The second-order valence-corrected chi connectivity index (χ2v) is 3.87. The van der Waals surface area contributed by atoms with E-state index in [4.69, 9.17) is 10.5 Å². The maximum Gasteiger partial charge on any atom is 0.321 e. The fourth-order valence-electron chi connectivity index (χ4n) is 1.62. The number of aromatic amines is 1. The predicted octanol–water partition coefficient (Wildman–Crippen LogP) is 2.24. The van der Waals surface area contributed by atoms with Crippen molar-refractivity contribution in [2.45, 2.75) is 0 Å². The summed E-state index contributed by atoms with van der Waals surface area (Å²) in [6, 6.07) is 9.64. The number of rotatable bonds is 3. The highest BCUT2D eigenvalue weighted by Gasteiger charge is 2.06. The lowest BCUT2D eigenvalue weighted by atomic mass is 10.2. The Morgan fingerprint density at radius 1 is 1.00 bits per heavy atom. The van der Waals surface area contributed by atoms with Crippen LogP contribution >= 0.6 is 0 Å². The number of anilines is 1. The maximum absolute atomic E-state index is 5.75. The van der Waals surface area contributed by atoms with Gasteiger partial charge in [-0.15, -0.1) is 0 Å². The molecule has 0 bridgehead atoms. The Morgan fingerprint density at radius 2 is 1.74 bits per heavy atom. The smallest absolute Gasteiger partial charge is 0.321 e. The largest absolute Gasteiger partial charge is 0.424 e. The van der Waals surface area contributed by atoms with Crippen molar-refractivity contribution in [3.63, 3.8) is 0 Å². The molecule has 0 unspecified atom stereocenters. The summed E-state index contributed by atoms with van der Waals surface area (Å²) in [5, 5.41) is 6.65. The summed E-state index contributed by atoms with van der Waals surface area (Å²) in [5.41, 5.74) is 7.77. The molecule has 0 aliphatic carbocycles. The minimum absolute atomic E-state index is 0.285. The molecule has 0 aliphatic rings. The van der Waals surface area contributed by atoms with E-state index in [1.54, 1.807) is 18.6 Å². The molecule has 19 heavy (non-hydrogen) atoms. The van der Waals surface area contributed by atoms with Crippen molar-refractivity contribution >= 4 is 5.69 Å².